The number of hydrogen-bond acceptors (Lipinski definition) is 4. The molecule has 0 aliphatic heterocycles. The maximum Gasteiger partial charge on any atom is 0.311 e. The molecule has 0 aromatic carbocycles. The van der Waals surface area contributed by atoms with Crippen molar-refractivity contribution in [2.45, 2.75) is 58.9 Å². The molecule has 1 aromatic rings. The quantitative estimate of drug-likeness (QED) is 0.885. The van der Waals surface area contributed by atoms with Crippen molar-refractivity contribution in [3.8, 4) is 0 Å². The summed E-state index contributed by atoms with van der Waals surface area (Å²) in [6, 6.07) is -0.322. The van der Waals surface area contributed by atoms with E-state index < -0.39 is 11.4 Å². The van der Waals surface area contributed by atoms with Crippen LogP contribution < -0.4 is 5.32 Å². The van der Waals surface area contributed by atoms with Crippen LogP contribution in [-0.2, 0) is 16.0 Å². The van der Waals surface area contributed by atoms with Gasteiger partial charge in [-0.3, -0.25) is 9.59 Å². The van der Waals surface area contributed by atoms with E-state index in [4.69, 9.17) is 4.52 Å². The number of carbonyl (C=O) groups is 2. The zero-order chi connectivity index (χ0) is 15.6. The molecule has 1 aliphatic carbocycles. The van der Waals surface area contributed by atoms with Crippen LogP contribution in [0.4, 0.5) is 0 Å². The molecule has 2 rings (SSSR count). The lowest BCUT2D eigenvalue weighted by molar-refractivity contribution is -0.152. The molecule has 0 spiro atoms. The van der Waals surface area contributed by atoms with Crippen molar-refractivity contribution in [1.29, 1.82) is 0 Å². The van der Waals surface area contributed by atoms with Gasteiger partial charge in [-0.2, -0.15) is 0 Å². The summed E-state index contributed by atoms with van der Waals surface area (Å²) in [5.74, 6) is -0.388. The monoisotopic (exact) mass is 294 g/mol. The summed E-state index contributed by atoms with van der Waals surface area (Å²) in [6.45, 7) is 5.28. The van der Waals surface area contributed by atoms with Crippen molar-refractivity contribution < 1.29 is 19.2 Å². The molecule has 1 heterocycles. The number of rotatable bonds is 4. The minimum atomic E-state index is -0.882. The average Bonchev–Trinajstić information content (AvgIpc) is 2.73. The maximum atomic E-state index is 12.2. The molecule has 1 aliphatic rings. The third-order valence-electron chi connectivity index (χ3n) is 4.55. The van der Waals surface area contributed by atoms with E-state index in [2.05, 4.69) is 10.5 Å². The molecule has 6 heteroatoms. The number of aliphatic carboxylic acids is 1. The summed E-state index contributed by atoms with van der Waals surface area (Å²) in [6.07, 6.45) is 3.31. The van der Waals surface area contributed by atoms with Gasteiger partial charge in [-0.1, -0.05) is 18.0 Å². The first-order valence-electron chi connectivity index (χ1n) is 7.29. The average molecular weight is 294 g/mol. The van der Waals surface area contributed by atoms with Crippen LogP contribution in [0.3, 0.4) is 0 Å². The molecular weight excluding hydrogens is 272 g/mol. The first-order chi connectivity index (χ1) is 9.84. The van der Waals surface area contributed by atoms with Gasteiger partial charge in [0.05, 0.1) is 17.5 Å². The van der Waals surface area contributed by atoms with E-state index in [0.29, 0.717) is 24.3 Å². The maximum absolute atomic E-state index is 12.2. The lowest BCUT2D eigenvalue weighted by atomic mass is 9.71. The van der Waals surface area contributed by atoms with Crippen LogP contribution in [0.1, 0.15) is 49.6 Å². The normalized spacial score (nSPS) is 25.6. The summed E-state index contributed by atoms with van der Waals surface area (Å²) in [5.41, 5.74) is 0.597. The molecule has 1 saturated carbocycles. The van der Waals surface area contributed by atoms with Crippen LogP contribution in [0.2, 0.25) is 0 Å². The largest absolute Gasteiger partial charge is 0.481 e. The molecule has 0 radical (unpaired) electrons. The Morgan fingerprint density at radius 1 is 1.43 bits per heavy atom. The van der Waals surface area contributed by atoms with Gasteiger partial charge >= 0.3 is 5.97 Å². The van der Waals surface area contributed by atoms with Crippen LogP contribution in [0, 0.1) is 19.3 Å². The summed E-state index contributed by atoms with van der Waals surface area (Å²) >= 11 is 0. The molecule has 1 fully saturated rings. The van der Waals surface area contributed by atoms with Crippen molar-refractivity contribution >= 4 is 11.9 Å². The number of carboxylic acid groups (broad SMARTS) is 1. The molecule has 2 atom stereocenters. The van der Waals surface area contributed by atoms with Gasteiger partial charge in [0.1, 0.15) is 5.76 Å². The third-order valence-corrected chi connectivity index (χ3v) is 4.55. The Morgan fingerprint density at radius 2 is 2.14 bits per heavy atom. The van der Waals surface area contributed by atoms with Crippen LogP contribution >= 0.6 is 0 Å². The predicted octanol–water partition coefficient (Wildman–Crippen LogP) is 1.98. The summed E-state index contributed by atoms with van der Waals surface area (Å²) < 4.78 is 5.04. The molecule has 116 valence electrons. The zero-order valence-corrected chi connectivity index (χ0v) is 12.7. The van der Waals surface area contributed by atoms with Crippen molar-refractivity contribution in [3.63, 3.8) is 0 Å². The zero-order valence-electron chi connectivity index (χ0n) is 12.7. The number of aryl methyl sites for hydroxylation is 2. The topological polar surface area (TPSA) is 92.4 Å². The van der Waals surface area contributed by atoms with Crippen molar-refractivity contribution in [1.82, 2.24) is 10.5 Å². The Hall–Kier alpha value is -1.85. The Balaban J connectivity index is 2.06. The van der Waals surface area contributed by atoms with Gasteiger partial charge in [-0.25, -0.2) is 0 Å². The second-order valence-corrected chi connectivity index (χ2v) is 6.07. The fraction of sp³-hybridized carbons (Fsp3) is 0.667. The lowest BCUT2D eigenvalue weighted by Crippen LogP contribution is -2.52. The van der Waals surface area contributed by atoms with E-state index in [1.165, 1.54) is 0 Å². The number of hydrogen-bond donors (Lipinski definition) is 2. The van der Waals surface area contributed by atoms with E-state index in [1.54, 1.807) is 20.8 Å². The number of carboxylic acids is 1. The Kier molecular flexibility index (Phi) is 4.34. The highest BCUT2D eigenvalue weighted by Gasteiger charge is 2.43. The van der Waals surface area contributed by atoms with E-state index in [1.807, 2.05) is 0 Å². The Bertz CT molecular complexity index is 532. The highest BCUT2D eigenvalue weighted by molar-refractivity contribution is 5.81. The minimum absolute atomic E-state index is 0.174. The first-order valence-corrected chi connectivity index (χ1v) is 7.29. The van der Waals surface area contributed by atoms with Crippen molar-refractivity contribution in [3.05, 3.63) is 17.0 Å². The summed E-state index contributed by atoms with van der Waals surface area (Å²) in [4.78, 5) is 23.7. The smallest absolute Gasteiger partial charge is 0.311 e. The van der Waals surface area contributed by atoms with Gasteiger partial charge in [0.15, 0.2) is 0 Å². The van der Waals surface area contributed by atoms with E-state index >= 15 is 0 Å². The second kappa shape index (κ2) is 5.87. The molecule has 2 unspecified atom stereocenters. The lowest BCUT2D eigenvalue weighted by Gasteiger charge is -2.38. The number of aromatic nitrogens is 1. The molecule has 21 heavy (non-hydrogen) atoms. The highest BCUT2D eigenvalue weighted by Crippen LogP contribution is 2.36. The molecule has 1 amide bonds. The third kappa shape index (κ3) is 3.09. The van der Waals surface area contributed by atoms with E-state index in [0.717, 1.165) is 18.4 Å². The van der Waals surface area contributed by atoms with Crippen molar-refractivity contribution in [2.75, 3.05) is 0 Å². The van der Waals surface area contributed by atoms with Gasteiger partial charge in [0.25, 0.3) is 0 Å². The van der Waals surface area contributed by atoms with Gasteiger partial charge < -0.3 is 14.9 Å². The summed E-state index contributed by atoms with van der Waals surface area (Å²) in [5, 5.41) is 16.2. The Labute approximate surface area is 123 Å². The van der Waals surface area contributed by atoms with Crippen LogP contribution in [0.5, 0.6) is 0 Å². The number of carbonyl (C=O) groups excluding carboxylic acids is 1. The first kappa shape index (κ1) is 15.5. The highest BCUT2D eigenvalue weighted by atomic mass is 16.5. The van der Waals surface area contributed by atoms with E-state index in [-0.39, 0.29) is 18.4 Å². The molecule has 1 aromatic heterocycles. The van der Waals surface area contributed by atoms with Gasteiger partial charge in [-0.15, -0.1) is 0 Å². The van der Waals surface area contributed by atoms with Crippen LogP contribution in [0.25, 0.3) is 0 Å². The molecule has 6 nitrogen and oxygen atoms in total. The van der Waals surface area contributed by atoms with Gasteiger partial charge in [0, 0.05) is 11.6 Å². The summed E-state index contributed by atoms with van der Waals surface area (Å²) in [7, 11) is 0. The second-order valence-electron chi connectivity index (χ2n) is 6.07. The standard InChI is InChI=1S/C15H22N2O4/c1-9-11(10(2)21-17-9)8-13(18)16-12-6-4-5-7-15(12,3)14(19)20/h12H,4-8H2,1-3H3,(H,16,18)(H,19,20). The molecule has 0 saturated heterocycles. The van der Waals surface area contributed by atoms with Gasteiger partial charge in [-0.05, 0) is 33.6 Å². The van der Waals surface area contributed by atoms with Gasteiger partial charge in [0.2, 0.25) is 5.91 Å². The number of amides is 1. The van der Waals surface area contributed by atoms with E-state index in [9.17, 15) is 14.7 Å². The minimum Gasteiger partial charge on any atom is -0.481 e. The van der Waals surface area contributed by atoms with Crippen LogP contribution in [-0.4, -0.2) is 28.2 Å². The SMILES string of the molecule is Cc1noc(C)c1CC(=O)NC1CCCCC1(C)C(=O)O. The number of nitrogens with one attached hydrogen (secondary N) is 1. The predicted molar refractivity (Wildman–Crippen MR) is 75.8 cm³/mol. The van der Waals surface area contributed by atoms with Crippen LogP contribution in [0.15, 0.2) is 4.52 Å². The number of nitrogens with zero attached hydrogens (tertiary/aromatic N) is 1. The molecule has 0 bridgehead atoms. The molecular formula is C15H22N2O4. The fourth-order valence-electron chi connectivity index (χ4n) is 2.98. The van der Waals surface area contributed by atoms with Crippen molar-refractivity contribution in [2.24, 2.45) is 5.41 Å². The Morgan fingerprint density at radius 3 is 2.71 bits per heavy atom. The fourth-order valence-corrected chi connectivity index (χ4v) is 2.98. The molecule has 2 N–H and O–H groups in total.